The Morgan fingerprint density at radius 2 is 2.00 bits per heavy atom. The van der Waals surface area contributed by atoms with Gasteiger partial charge in [0, 0.05) is 46.0 Å². The van der Waals surface area contributed by atoms with Crippen LogP contribution in [0.3, 0.4) is 0 Å². The number of nitrogens with one attached hydrogen (secondary N) is 1. The fourth-order valence-corrected chi connectivity index (χ4v) is 2.09. The number of hydrogen-bond donors (Lipinski definition) is 1. The molecule has 0 bridgehead atoms. The van der Waals surface area contributed by atoms with Gasteiger partial charge in [0.25, 0.3) is 0 Å². The monoisotopic (exact) mass is 419 g/mol. The molecule has 0 unspecified atom stereocenters. The Hall–Kier alpha value is -1.05. The molecule has 126 valence electrons. The predicted molar refractivity (Wildman–Crippen MR) is 106 cm³/mol. The lowest BCUT2D eigenvalue weighted by atomic mass is 10.2. The molecule has 0 aromatic carbocycles. The quantitative estimate of drug-likeness (QED) is 0.419. The number of rotatable bonds is 7. The molecule has 22 heavy (non-hydrogen) atoms. The van der Waals surface area contributed by atoms with Gasteiger partial charge in [0.15, 0.2) is 5.96 Å². The van der Waals surface area contributed by atoms with Crippen molar-refractivity contribution in [3.8, 4) is 0 Å². The summed E-state index contributed by atoms with van der Waals surface area (Å²) in [5.74, 6) is 1.94. The Balaban J connectivity index is 0.00000441. The molecule has 1 aromatic rings. The molecule has 1 aromatic heterocycles. The number of unbranched alkanes of at least 4 members (excludes halogenated alkanes) is 1. The van der Waals surface area contributed by atoms with Crippen LogP contribution in [-0.4, -0.2) is 50.1 Å². The van der Waals surface area contributed by atoms with Gasteiger partial charge >= 0.3 is 0 Å². The predicted octanol–water partition coefficient (Wildman–Crippen LogP) is 2.96. The molecule has 1 rings (SSSR count). The highest BCUT2D eigenvalue weighted by molar-refractivity contribution is 14.0. The minimum absolute atomic E-state index is 0. The average molecular weight is 419 g/mol. The van der Waals surface area contributed by atoms with Gasteiger partial charge < -0.3 is 15.1 Å². The van der Waals surface area contributed by atoms with E-state index in [-0.39, 0.29) is 24.0 Å². The van der Waals surface area contributed by atoms with Gasteiger partial charge in [-0.05, 0) is 19.4 Å². The summed E-state index contributed by atoms with van der Waals surface area (Å²) in [4.78, 5) is 13.4. The molecule has 0 radical (unpaired) electrons. The summed E-state index contributed by atoms with van der Waals surface area (Å²) in [7, 11) is 6.11. The smallest absolute Gasteiger partial charge is 0.193 e. The van der Waals surface area contributed by atoms with Crippen LogP contribution >= 0.6 is 24.0 Å². The molecule has 0 saturated carbocycles. The van der Waals surface area contributed by atoms with Crippen LogP contribution in [-0.2, 0) is 6.54 Å². The van der Waals surface area contributed by atoms with E-state index >= 15 is 0 Å². The SMILES string of the molecule is CCCCN(C)C(=NCc1cccnc1N(C)C)NCC.I. The fraction of sp³-hybridized carbons (Fsp3) is 0.625. The van der Waals surface area contributed by atoms with E-state index in [1.54, 1.807) is 0 Å². The molecule has 6 heteroatoms. The largest absolute Gasteiger partial charge is 0.362 e. The molecular formula is C16H30IN5. The van der Waals surface area contributed by atoms with Crippen molar-refractivity contribution in [1.29, 1.82) is 0 Å². The molecular weight excluding hydrogens is 389 g/mol. The molecule has 5 nitrogen and oxygen atoms in total. The van der Waals surface area contributed by atoms with Gasteiger partial charge in [-0.3, -0.25) is 0 Å². The van der Waals surface area contributed by atoms with Crippen LogP contribution in [0.4, 0.5) is 5.82 Å². The molecule has 1 N–H and O–H groups in total. The lowest BCUT2D eigenvalue weighted by Gasteiger charge is -2.22. The highest BCUT2D eigenvalue weighted by Gasteiger charge is 2.07. The standard InChI is InChI=1S/C16H29N5.HI/c1-6-8-12-21(5)16(17-7-2)19-13-14-10-9-11-18-15(14)20(3)4;/h9-11H,6-8,12-13H2,1-5H3,(H,17,19);1H. The maximum Gasteiger partial charge on any atom is 0.193 e. The van der Waals surface area contributed by atoms with Gasteiger partial charge in [-0.25, -0.2) is 9.98 Å². The van der Waals surface area contributed by atoms with Crippen LogP contribution in [0.5, 0.6) is 0 Å². The summed E-state index contributed by atoms with van der Waals surface area (Å²) in [6.45, 7) is 6.84. The molecule has 0 aliphatic rings. The molecule has 0 saturated heterocycles. The van der Waals surface area contributed by atoms with Gasteiger partial charge in [-0.15, -0.1) is 24.0 Å². The third-order valence-electron chi connectivity index (χ3n) is 3.23. The van der Waals surface area contributed by atoms with Crippen LogP contribution in [0.15, 0.2) is 23.3 Å². The topological polar surface area (TPSA) is 43.8 Å². The van der Waals surface area contributed by atoms with Gasteiger partial charge in [0.2, 0.25) is 0 Å². The Morgan fingerprint density at radius 1 is 1.27 bits per heavy atom. The summed E-state index contributed by atoms with van der Waals surface area (Å²) < 4.78 is 0. The van der Waals surface area contributed by atoms with Crippen molar-refractivity contribution < 1.29 is 0 Å². The van der Waals surface area contributed by atoms with E-state index in [2.05, 4.69) is 42.2 Å². The van der Waals surface area contributed by atoms with Gasteiger partial charge in [-0.2, -0.15) is 0 Å². The van der Waals surface area contributed by atoms with Crippen molar-refractivity contribution >= 4 is 35.8 Å². The van der Waals surface area contributed by atoms with E-state index in [0.717, 1.165) is 30.4 Å². The summed E-state index contributed by atoms with van der Waals surface area (Å²) in [5.41, 5.74) is 1.14. The van der Waals surface area contributed by atoms with Crippen LogP contribution in [0, 0.1) is 0 Å². The maximum absolute atomic E-state index is 4.74. The van der Waals surface area contributed by atoms with E-state index in [1.807, 2.05) is 31.3 Å². The number of hydrogen-bond acceptors (Lipinski definition) is 3. The first-order valence-corrected chi connectivity index (χ1v) is 7.70. The van der Waals surface area contributed by atoms with E-state index in [1.165, 1.54) is 12.8 Å². The Bertz CT molecular complexity index is 448. The summed E-state index contributed by atoms with van der Waals surface area (Å²) >= 11 is 0. The van der Waals surface area contributed by atoms with Crippen LogP contribution in [0.2, 0.25) is 0 Å². The second-order valence-corrected chi connectivity index (χ2v) is 5.33. The third-order valence-corrected chi connectivity index (χ3v) is 3.23. The van der Waals surface area contributed by atoms with Crippen molar-refractivity contribution in [2.75, 3.05) is 39.1 Å². The highest BCUT2D eigenvalue weighted by Crippen LogP contribution is 2.15. The molecule has 1 heterocycles. The molecule has 0 spiro atoms. The molecule has 0 aliphatic carbocycles. The number of nitrogens with zero attached hydrogens (tertiary/aromatic N) is 4. The maximum atomic E-state index is 4.74. The van der Waals surface area contributed by atoms with E-state index in [0.29, 0.717) is 6.54 Å². The Morgan fingerprint density at radius 3 is 2.59 bits per heavy atom. The first-order valence-electron chi connectivity index (χ1n) is 7.70. The van der Waals surface area contributed by atoms with Crippen molar-refractivity contribution in [2.45, 2.75) is 33.2 Å². The van der Waals surface area contributed by atoms with Crippen molar-refractivity contribution in [2.24, 2.45) is 4.99 Å². The van der Waals surface area contributed by atoms with Gasteiger partial charge in [0.05, 0.1) is 6.54 Å². The number of aromatic nitrogens is 1. The number of guanidine groups is 1. The zero-order valence-electron chi connectivity index (χ0n) is 14.5. The van der Waals surface area contributed by atoms with Crippen LogP contribution < -0.4 is 10.2 Å². The Labute approximate surface area is 152 Å². The molecule has 0 aliphatic heterocycles. The van der Waals surface area contributed by atoms with Crippen molar-refractivity contribution in [1.82, 2.24) is 15.2 Å². The molecule has 0 amide bonds. The lowest BCUT2D eigenvalue weighted by molar-refractivity contribution is 0.465. The fourth-order valence-electron chi connectivity index (χ4n) is 2.09. The first-order chi connectivity index (χ1) is 10.1. The van der Waals surface area contributed by atoms with Gasteiger partial charge in [-0.1, -0.05) is 19.4 Å². The van der Waals surface area contributed by atoms with E-state index < -0.39 is 0 Å². The second kappa shape index (κ2) is 11.5. The summed E-state index contributed by atoms with van der Waals surface area (Å²) in [6.07, 6.45) is 4.19. The van der Waals surface area contributed by atoms with Crippen molar-refractivity contribution in [3.05, 3.63) is 23.9 Å². The molecule has 0 fully saturated rings. The number of pyridine rings is 1. The summed E-state index contributed by atoms with van der Waals surface area (Å²) in [5, 5.41) is 3.35. The normalized spacial score (nSPS) is 10.9. The Kier molecular flexibility index (Phi) is 11.0. The highest BCUT2D eigenvalue weighted by atomic mass is 127. The van der Waals surface area contributed by atoms with Gasteiger partial charge in [0.1, 0.15) is 5.82 Å². The lowest BCUT2D eigenvalue weighted by Crippen LogP contribution is -2.39. The van der Waals surface area contributed by atoms with Crippen LogP contribution in [0.1, 0.15) is 32.3 Å². The third kappa shape index (κ3) is 6.81. The minimum Gasteiger partial charge on any atom is -0.362 e. The van der Waals surface area contributed by atoms with E-state index in [4.69, 9.17) is 4.99 Å². The number of aliphatic imine (C=N–C) groups is 1. The first kappa shape index (κ1) is 20.9. The van der Waals surface area contributed by atoms with Crippen LogP contribution in [0.25, 0.3) is 0 Å². The zero-order valence-corrected chi connectivity index (χ0v) is 16.8. The zero-order chi connectivity index (χ0) is 15.7. The number of anilines is 1. The molecule has 0 atom stereocenters. The minimum atomic E-state index is 0. The number of halogens is 1. The average Bonchev–Trinajstić information content (AvgIpc) is 2.49. The summed E-state index contributed by atoms with van der Waals surface area (Å²) in [6, 6.07) is 4.05. The second-order valence-electron chi connectivity index (χ2n) is 5.33. The van der Waals surface area contributed by atoms with Crippen molar-refractivity contribution in [3.63, 3.8) is 0 Å². The van der Waals surface area contributed by atoms with E-state index in [9.17, 15) is 0 Å².